The topological polar surface area (TPSA) is 106 Å². The molecule has 0 atom stereocenters. The van der Waals surface area contributed by atoms with E-state index in [0.717, 1.165) is 12.1 Å². The number of benzene rings is 1. The monoisotopic (exact) mass is 482 g/mol. The maximum Gasteiger partial charge on any atom is 0.214 e. The summed E-state index contributed by atoms with van der Waals surface area (Å²) in [6.45, 7) is 2.49. The number of fused-ring (bicyclic) bond motifs is 1. The molecule has 140 valence electrons. The minimum atomic E-state index is -3.09. The molecule has 0 bridgehead atoms. The molecule has 0 aromatic heterocycles. The fourth-order valence-corrected chi connectivity index (χ4v) is 4.17. The lowest BCUT2D eigenvalue weighted by Crippen LogP contribution is -2.30. The van der Waals surface area contributed by atoms with Crippen LogP contribution in [0.5, 0.6) is 11.5 Å². The highest BCUT2D eigenvalue weighted by Crippen LogP contribution is 2.32. The lowest BCUT2D eigenvalue weighted by atomic mass is 10.3. The molecule has 8 nitrogen and oxygen atoms in total. The molecular weight excluding hydrogens is 459 g/mol. The number of hydrogen-bond acceptors (Lipinski definition) is 5. The number of hydrogen-bond donors (Lipinski definition) is 2. The molecule has 0 saturated carbocycles. The molecule has 0 amide bonds. The van der Waals surface area contributed by atoms with Gasteiger partial charge in [-0.25, -0.2) is 12.7 Å². The van der Waals surface area contributed by atoms with Gasteiger partial charge in [0.05, 0.1) is 25.5 Å². The van der Waals surface area contributed by atoms with E-state index in [-0.39, 0.29) is 35.7 Å². The van der Waals surface area contributed by atoms with Crippen molar-refractivity contribution >= 4 is 45.6 Å². The van der Waals surface area contributed by atoms with Crippen molar-refractivity contribution in [2.45, 2.75) is 12.8 Å². The Morgan fingerprint density at radius 1 is 1.24 bits per heavy atom. The van der Waals surface area contributed by atoms with Gasteiger partial charge in [-0.3, -0.25) is 4.99 Å². The zero-order valence-electron chi connectivity index (χ0n) is 13.8. The molecule has 0 aliphatic carbocycles. The van der Waals surface area contributed by atoms with Gasteiger partial charge in [0.25, 0.3) is 0 Å². The number of guanidine groups is 1. The summed E-state index contributed by atoms with van der Waals surface area (Å²) in [6.07, 6.45) is 1.53. The van der Waals surface area contributed by atoms with E-state index in [1.807, 2.05) is 18.2 Å². The number of halogens is 1. The van der Waals surface area contributed by atoms with Crippen molar-refractivity contribution in [2.24, 2.45) is 10.7 Å². The summed E-state index contributed by atoms with van der Waals surface area (Å²) in [6, 6.07) is 5.47. The molecule has 1 saturated heterocycles. The molecule has 1 aromatic rings. The zero-order chi connectivity index (χ0) is 17.0. The minimum absolute atomic E-state index is 0. The lowest BCUT2D eigenvalue weighted by molar-refractivity contribution is 0.297. The van der Waals surface area contributed by atoms with Crippen molar-refractivity contribution in [1.29, 1.82) is 0 Å². The molecule has 10 heteroatoms. The molecule has 0 spiro atoms. The van der Waals surface area contributed by atoms with Crippen LogP contribution in [0.15, 0.2) is 23.2 Å². The predicted molar refractivity (Wildman–Crippen MR) is 108 cm³/mol. The van der Waals surface area contributed by atoms with Crippen molar-refractivity contribution in [3.05, 3.63) is 18.2 Å². The van der Waals surface area contributed by atoms with Crippen molar-refractivity contribution in [3.63, 3.8) is 0 Å². The Balaban J connectivity index is 0.00000225. The average Bonchev–Trinajstić information content (AvgIpc) is 2.74. The van der Waals surface area contributed by atoms with Gasteiger partial charge in [-0.2, -0.15) is 0 Å². The molecule has 2 aliphatic heterocycles. The van der Waals surface area contributed by atoms with Gasteiger partial charge in [-0.05, 0) is 18.6 Å². The van der Waals surface area contributed by atoms with E-state index >= 15 is 0 Å². The molecule has 1 fully saturated rings. The number of nitrogens with two attached hydrogens (primary N) is 1. The summed E-state index contributed by atoms with van der Waals surface area (Å²) < 4.78 is 36.0. The first kappa shape index (κ1) is 20.0. The number of anilines is 1. The van der Waals surface area contributed by atoms with Crippen LogP contribution in [0.2, 0.25) is 0 Å². The summed E-state index contributed by atoms with van der Waals surface area (Å²) in [7, 11) is -3.09. The summed E-state index contributed by atoms with van der Waals surface area (Å²) in [5.74, 6) is 1.85. The van der Waals surface area contributed by atoms with E-state index in [4.69, 9.17) is 15.2 Å². The van der Waals surface area contributed by atoms with Crippen LogP contribution in [0.4, 0.5) is 5.69 Å². The Kier molecular flexibility index (Phi) is 7.14. The molecule has 3 rings (SSSR count). The average molecular weight is 482 g/mol. The highest BCUT2D eigenvalue weighted by Gasteiger charge is 2.27. The number of sulfonamides is 1. The Morgan fingerprint density at radius 3 is 2.72 bits per heavy atom. The van der Waals surface area contributed by atoms with Crippen molar-refractivity contribution in [1.82, 2.24) is 4.31 Å². The van der Waals surface area contributed by atoms with E-state index < -0.39 is 10.0 Å². The first-order valence-corrected chi connectivity index (χ1v) is 9.60. The Morgan fingerprint density at radius 2 is 2.00 bits per heavy atom. The van der Waals surface area contributed by atoms with Crippen LogP contribution in [0.25, 0.3) is 0 Å². The van der Waals surface area contributed by atoms with E-state index in [1.54, 1.807) is 0 Å². The maximum absolute atomic E-state index is 11.7. The summed E-state index contributed by atoms with van der Waals surface area (Å²) in [5.41, 5.74) is 6.61. The Hall–Kier alpha value is -1.27. The van der Waals surface area contributed by atoms with Crippen LogP contribution in [-0.4, -0.2) is 57.3 Å². The van der Waals surface area contributed by atoms with E-state index in [2.05, 4.69) is 10.3 Å². The lowest BCUT2D eigenvalue weighted by Gasteiger charge is -2.13. The zero-order valence-corrected chi connectivity index (χ0v) is 17.0. The normalized spacial score (nSPS) is 19.8. The SMILES string of the molecule is I.NC(=NCCN1CCCS1(=O)=O)Nc1ccc2c(c1)OCCCO2. The fourth-order valence-electron chi connectivity index (χ4n) is 2.65. The van der Waals surface area contributed by atoms with Crippen molar-refractivity contribution < 1.29 is 17.9 Å². The number of rotatable bonds is 4. The summed E-state index contributed by atoms with van der Waals surface area (Å²) in [5, 5.41) is 2.98. The number of aliphatic imine (C=N–C) groups is 1. The minimum Gasteiger partial charge on any atom is -0.490 e. The smallest absolute Gasteiger partial charge is 0.214 e. The van der Waals surface area contributed by atoms with Gasteiger partial charge in [0.1, 0.15) is 0 Å². The molecule has 1 aromatic carbocycles. The Bertz CT molecular complexity index is 726. The van der Waals surface area contributed by atoms with Gasteiger partial charge in [-0.15, -0.1) is 24.0 Å². The van der Waals surface area contributed by atoms with Crippen molar-refractivity contribution in [3.8, 4) is 11.5 Å². The van der Waals surface area contributed by atoms with E-state index in [0.29, 0.717) is 50.8 Å². The van der Waals surface area contributed by atoms with Gasteiger partial charge >= 0.3 is 0 Å². The van der Waals surface area contributed by atoms with Gasteiger partial charge in [0, 0.05) is 31.3 Å². The molecule has 2 heterocycles. The maximum atomic E-state index is 11.7. The third kappa shape index (κ3) is 5.35. The van der Waals surface area contributed by atoms with Crippen LogP contribution < -0.4 is 20.5 Å². The number of ether oxygens (including phenoxy) is 2. The van der Waals surface area contributed by atoms with Crippen LogP contribution in [0.3, 0.4) is 0 Å². The van der Waals surface area contributed by atoms with E-state index in [1.165, 1.54) is 4.31 Å². The predicted octanol–water partition coefficient (Wildman–Crippen LogP) is 1.23. The van der Waals surface area contributed by atoms with Crippen LogP contribution in [-0.2, 0) is 10.0 Å². The van der Waals surface area contributed by atoms with Crippen LogP contribution >= 0.6 is 24.0 Å². The Labute approximate surface area is 164 Å². The fraction of sp³-hybridized carbons (Fsp3) is 0.533. The van der Waals surface area contributed by atoms with Gasteiger partial charge in [0.2, 0.25) is 10.0 Å². The molecule has 2 aliphatic rings. The molecule has 3 N–H and O–H groups in total. The second-order valence-electron chi connectivity index (χ2n) is 5.67. The highest BCUT2D eigenvalue weighted by atomic mass is 127. The largest absolute Gasteiger partial charge is 0.490 e. The van der Waals surface area contributed by atoms with Crippen molar-refractivity contribution in [2.75, 3.05) is 43.9 Å². The molecule has 0 unspecified atom stereocenters. The summed E-state index contributed by atoms with van der Waals surface area (Å²) >= 11 is 0. The summed E-state index contributed by atoms with van der Waals surface area (Å²) in [4.78, 5) is 4.18. The number of nitrogens with one attached hydrogen (secondary N) is 1. The van der Waals surface area contributed by atoms with Gasteiger partial charge < -0.3 is 20.5 Å². The quantitative estimate of drug-likeness (QED) is 0.380. The van der Waals surface area contributed by atoms with Crippen LogP contribution in [0.1, 0.15) is 12.8 Å². The van der Waals surface area contributed by atoms with Gasteiger partial charge in [0.15, 0.2) is 17.5 Å². The molecular formula is C15H23IN4O4S. The van der Waals surface area contributed by atoms with Gasteiger partial charge in [-0.1, -0.05) is 0 Å². The molecule has 25 heavy (non-hydrogen) atoms. The first-order valence-electron chi connectivity index (χ1n) is 7.99. The standard InChI is InChI=1S/C15H22N4O4S.HI/c16-15(17-5-7-19-6-1-10-24(19,20)21)18-12-3-4-13-14(11-12)23-9-2-8-22-13;/h3-4,11H,1-2,5-10H2,(H3,16,17,18);1H. The highest BCUT2D eigenvalue weighted by molar-refractivity contribution is 14.0. The third-order valence-electron chi connectivity index (χ3n) is 3.85. The second kappa shape index (κ2) is 8.90. The first-order chi connectivity index (χ1) is 11.5. The second-order valence-corrected chi connectivity index (χ2v) is 7.76. The third-order valence-corrected chi connectivity index (χ3v) is 5.81. The molecule has 0 radical (unpaired) electrons. The van der Waals surface area contributed by atoms with E-state index in [9.17, 15) is 8.42 Å². The number of nitrogens with zero attached hydrogens (tertiary/aromatic N) is 2. The van der Waals surface area contributed by atoms with Crippen LogP contribution in [0, 0.1) is 0 Å².